The number of hydrogen-bond donors (Lipinski definition) is 0. The largest absolute Gasteiger partial charge is 0.378 e. The van der Waals surface area contributed by atoms with E-state index < -0.39 is 0 Å². The number of fused-ring (bicyclic) bond motifs is 2. The lowest BCUT2D eigenvalue weighted by atomic mass is 10.2. The molecule has 1 saturated heterocycles. The van der Waals surface area contributed by atoms with Gasteiger partial charge in [0.05, 0.1) is 24.9 Å². The minimum Gasteiger partial charge on any atom is -0.378 e. The van der Waals surface area contributed by atoms with Gasteiger partial charge in [0.15, 0.2) is 28.6 Å². The molecule has 30 heavy (non-hydrogen) atoms. The third-order valence-electron chi connectivity index (χ3n) is 5.42. The summed E-state index contributed by atoms with van der Waals surface area (Å²) in [6, 6.07) is 6.16. The summed E-state index contributed by atoms with van der Waals surface area (Å²) in [5.74, 6) is 1.48. The van der Waals surface area contributed by atoms with Crippen LogP contribution in [-0.4, -0.2) is 61.4 Å². The zero-order valence-electron chi connectivity index (χ0n) is 17.3. The molecule has 0 aliphatic carbocycles. The van der Waals surface area contributed by atoms with Crippen molar-refractivity contribution in [3.63, 3.8) is 0 Å². The first-order valence-electron chi connectivity index (χ1n) is 10.1. The summed E-state index contributed by atoms with van der Waals surface area (Å²) >= 11 is 0. The fourth-order valence-corrected chi connectivity index (χ4v) is 3.95. The maximum absolute atomic E-state index is 12.2. The number of Topliss-reactive ketones (excluding diaryl/α,β-unsaturated/α-hetero) is 1. The standard InChI is InChI=1S/C21H23N7O2/c1-4-27-18(14(3)29)23-17-19(26-7-9-30-10-8-26)24-21(25-20(17)27)28-16-6-5-13(2)11-15(16)12-22-28/h5-6,11-12H,4,7-10H2,1-3H3. The van der Waals surface area contributed by atoms with Gasteiger partial charge >= 0.3 is 0 Å². The maximum atomic E-state index is 12.2. The van der Waals surface area contributed by atoms with E-state index in [9.17, 15) is 4.79 Å². The number of ether oxygens (including phenoxy) is 1. The number of aromatic nitrogens is 6. The molecule has 1 aliphatic heterocycles. The number of nitrogens with zero attached hydrogens (tertiary/aromatic N) is 7. The molecular formula is C21H23N7O2. The van der Waals surface area contributed by atoms with Gasteiger partial charge in [-0.2, -0.15) is 19.7 Å². The number of carbonyl (C=O) groups excluding carboxylic acids is 1. The van der Waals surface area contributed by atoms with Gasteiger partial charge in [0.1, 0.15) is 0 Å². The summed E-state index contributed by atoms with van der Waals surface area (Å²) in [5, 5.41) is 5.58. The second-order valence-electron chi connectivity index (χ2n) is 7.47. The SMILES string of the molecule is CCn1c(C(C)=O)nc2c(N3CCOCC3)nc(-n3ncc4cc(C)ccc43)nc21. The number of hydrogen-bond acceptors (Lipinski definition) is 7. The fourth-order valence-electron chi connectivity index (χ4n) is 3.95. The van der Waals surface area contributed by atoms with Crippen LogP contribution in [0, 0.1) is 6.92 Å². The van der Waals surface area contributed by atoms with Gasteiger partial charge in [-0.05, 0) is 26.0 Å². The van der Waals surface area contributed by atoms with Crippen LogP contribution in [0.1, 0.15) is 30.0 Å². The average molecular weight is 405 g/mol. The van der Waals surface area contributed by atoms with E-state index in [1.54, 1.807) is 4.68 Å². The molecule has 4 heterocycles. The van der Waals surface area contributed by atoms with E-state index in [2.05, 4.69) is 28.0 Å². The molecule has 4 aromatic rings. The molecule has 0 amide bonds. The van der Waals surface area contributed by atoms with Crippen molar-refractivity contribution in [2.24, 2.45) is 0 Å². The van der Waals surface area contributed by atoms with E-state index >= 15 is 0 Å². The van der Waals surface area contributed by atoms with Crippen molar-refractivity contribution < 1.29 is 9.53 Å². The highest BCUT2D eigenvalue weighted by Gasteiger charge is 2.24. The van der Waals surface area contributed by atoms with Gasteiger partial charge in [-0.3, -0.25) is 4.79 Å². The summed E-state index contributed by atoms with van der Waals surface area (Å²) in [6.45, 7) is 8.81. The zero-order valence-corrected chi connectivity index (χ0v) is 17.3. The predicted molar refractivity (Wildman–Crippen MR) is 113 cm³/mol. The Bertz CT molecular complexity index is 1270. The van der Waals surface area contributed by atoms with E-state index in [0.717, 1.165) is 10.9 Å². The molecule has 9 nitrogen and oxygen atoms in total. The van der Waals surface area contributed by atoms with Crippen LogP contribution in [0.5, 0.6) is 0 Å². The molecule has 1 fully saturated rings. The van der Waals surface area contributed by atoms with Gasteiger partial charge < -0.3 is 14.2 Å². The van der Waals surface area contributed by atoms with Crippen LogP contribution in [-0.2, 0) is 11.3 Å². The Morgan fingerprint density at radius 2 is 1.97 bits per heavy atom. The number of ketones is 1. The first-order chi connectivity index (χ1) is 14.6. The molecule has 0 unspecified atom stereocenters. The van der Waals surface area contributed by atoms with Crippen molar-refractivity contribution in [1.29, 1.82) is 0 Å². The van der Waals surface area contributed by atoms with Crippen molar-refractivity contribution in [2.75, 3.05) is 31.2 Å². The highest BCUT2D eigenvalue weighted by Crippen LogP contribution is 2.28. The Morgan fingerprint density at radius 3 is 2.70 bits per heavy atom. The molecule has 3 aromatic heterocycles. The minimum absolute atomic E-state index is 0.0932. The summed E-state index contributed by atoms with van der Waals surface area (Å²) < 4.78 is 9.11. The molecule has 0 saturated carbocycles. The molecule has 154 valence electrons. The predicted octanol–water partition coefficient (Wildman–Crippen LogP) is 2.53. The Kier molecular flexibility index (Phi) is 4.47. The molecule has 0 spiro atoms. The highest BCUT2D eigenvalue weighted by molar-refractivity contribution is 5.96. The average Bonchev–Trinajstić information content (AvgIpc) is 3.34. The summed E-state index contributed by atoms with van der Waals surface area (Å²) in [5.41, 5.74) is 3.38. The molecule has 0 bridgehead atoms. The smallest absolute Gasteiger partial charge is 0.255 e. The van der Waals surface area contributed by atoms with Crippen molar-refractivity contribution >= 4 is 33.7 Å². The van der Waals surface area contributed by atoms with Gasteiger partial charge in [0.25, 0.3) is 5.95 Å². The number of imidazole rings is 1. The van der Waals surface area contributed by atoms with Crippen molar-refractivity contribution in [2.45, 2.75) is 27.3 Å². The quantitative estimate of drug-likeness (QED) is 0.482. The topological polar surface area (TPSA) is 91.0 Å². The molecule has 0 atom stereocenters. The lowest BCUT2D eigenvalue weighted by Gasteiger charge is -2.28. The zero-order chi connectivity index (χ0) is 20.8. The van der Waals surface area contributed by atoms with Gasteiger partial charge in [0, 0.05) is 31.9 Å². The molecule has 0 N–H and O–H groups in total. The van der Waals surface area contributed by atoms with E-state index in [4.69, 9.17) is 14.7 Å². The normalized spacial score (nSPS) is 14.7. The molecular weight excluding hydrogens is 382 g/mol. The Hall–Kier alpha value is -3.33. The monoisotopic (exact) mass is 405 g/mol. The van der Waals surface area contributed by atoms with Crippen LogP contribution >= 0.6 is 0 Å². The van der Waals surface area contributed by atoms with Gasteiger partial charge in [-0.25, -0.2) is 4.98 Å². The van der Waals surface area contributed by atoms with Crippen LogP contribution in [0.4, 0.5) is 5.82 Å². The van der Waals surface area contributed by atoms with E-state index in [1.165, 1.54) is 12.5 Å². The van der Waals surface area contributed by atoms with Crippen molar-refractivity contribution in [3.05, 3.63) is 35.8 Å². The second-order valence-corrected chi connectivity index (χ2v) is 7.47. The van der Waals surface area contributed by atoms with Gasteiger partial charge in [-0.1, -0.05) is 11.6 Å². The Balaban J connectivity index is 1.78. The number of morpholine rings is 1. The number of benzene rings is 1. The lowest BCUT2D eigenvalue weighted by molar-refractivity contribution is 0.1000. The summed E-state index contributed by atoms with van der Waals surface area (Å²) in [6.07, 6.45) is 1.82. The lowest BCUT2D eigenvalue weighted by Crippen LogP contribution is -2.37. The molecule has 9 heteroatoms. The second kappa shape index (κ2) is 7.17. The van der Waals surface area contributed by atoms with Crippen LogP contribution in [0.3, 0.4) is 0 Å². The summed E-state index contributed by atoms with van der Waals surface area (Å²) in [4.78, 5) is 28.7. The number of rotatable bonds is 4. The van der Waals surface area contributed by atoms with E-state index in [1.807, 2.05) is 29.8 Å². The van der Waals surface area contributed by atoms with Crippen LogP contribution in [0.2, 0.25) is 0 Å². The van der Waals surface area contributed by atoms with E-state index in [-0.39, 0.29) is 5.78 Å². The number of anilines is 1. The van der Waals surface area contributed by atoms with Crippen molar-refractivity contribution in [1.82, 2.24) is 29.3 Å². The fraction of sp³-hybridized carbons (Fsp3) is 0.381. The minimum atomic E-state index is -0.0932. The first kappa shape index (κ1) is 18.7. The number of carbonyl (C=O) groups is 1. The molecule has 5 rings (SSSR count). The van der Waals surface area contributed by atoms with Crippen LogP contribution in [0.15, 0.2) is 24.4 Å². The Labute approximate surface area is 173 Å². The van der Waals surface area contributed by atoms with Gasteiger partial charge in [0.2, 0.25) is 0 Å². The molecule has 0 radical (unpaired) electrons. The Morgan fingerprint density at radius 1 is 1.17 bits per heavy atom. The number of aryl methyl sites for hydroxylation is 2. The van der Waals surface area contributed by atoms with E-state index in [0.29, 0.717) is 61.6 Å². The van der Waals surface area contributed by atoms with Crippen LogP contribution < -0.4 is 4.90 Å². The summed E-state index contributed by atoms with van der Waals surface area (Å²) in [7, 11) is 0. The van der Waals surface area contributed by atoms with Crippen molar-refractivity contribution in [3.8, 4) is 5.95 Å². The third-order valence-corrected chi connectivity index (χ3v) is 5.42. The van der Waals surface area contributed by atoms with Crippen LogP contribution in [0.25, 0.3) is 28.0 Å². The van der Waals surface area contributed by atoms with Gasteiger partial charge in [-0.15, -0.1) is 0 Å². The molecule has 1 aromatic carbocycles. The first-order valence-corrected chi connectivity index (χ1v) is 10.1. The third kappa shape index (κ3) is 2.93. The molecule has 1 aliphatic rings. The highest BCUT2D eigenvalue weighted by atomic mass is 16.5. The maximum Gasteiger partial charge on any atom is 0.255 e.